The highest BCUT2D eigenvalue weighted by molar-refractivity contribution is 5.98. The van der Waals surface area contributed by atoms with Gasteiger partial charge in [0.05, 0.1) is 23.9 Å². The van der Waals surface area contributed by atoms with Crippen molar-refractivity contribution in [3.8, 4) is 17.2 Å². The monoisotopic (exact) mass is 375 g/mol. The van der Waals surface area contributed by atoms with Crippen molar-refractivity contribution in [2.75, 3.05) is 7.11 Å². The molecule has 0 aliphatic carbocycles. The van der Waals surface area contributed by atoms with Crippen LogP contribution in [-0.4, -0.2) is 28.3 Å². The van der Waals surface area contributed by atoms with Gasteiger partial charge in [-0.3, -0.25) is 0 Å². The Bertz CT molecular complexity index is 1120. The lowest BCUT2D eigenvalue weighted by molar-refractivity contribution is 0.0596. The van der Waals surface area contributed by atoms with Crippen molar-refractivity contribution < 1.29 is 18.7 Å². The molecule has 0 saturated heterocycles. The summed E-state index contributed by atoms with van der Waals surface area (Å²) in [7, 11) is 1.36. The van der Waals surface area contributed by atoms with Gasteiger partial charge < -0.3 is 13.9 Å². The lowest BCUT2D eigenvalue weighted by Gasteiger charge is -2.14. The lowest BCUT2D eigenvalue weighted by atomic mass is 10.0. The number of hydrogen-bond donors (Lipinski definition) is 0. The van der Waals surface area contributed by atoms with Gasteiger partial charge >= 0.3 is 5.97 Å². The summed E-state index contributed by atoms with van der Waals surface area (Å²) in [4.78, 5) is 17.0. The number of benzene rings is 2. The number of methoxy groups -OCH3 is 1. The van der Waals surface area contributed by atoms with E-state index in [1.54, 1.807) is 12.1 Å². The third-order valence-electron chi connectivity index (χ3n) is 4.45. The van der Waals surface area contributed by atoms with Crippen LogP contribution in [0.3, 0.4) is 0 Å². The molecule has 140 valence electrons. The molecule has 0 saturated carbocycles. The Morgan fingerprint density at radius 2 is 1.89 bits per heavy atom. The van der Waals surface area contributed by atoms with E-state index in [4.69, 9.17) is 13.9 Å². The second-order valence-electron chi connectivity index (χ2n) is 6.12. The van der Waals surface area contributed by atoms with Crippen molar-refractivity contribution in [2.45, 2.75) is 13.5 Å². The predicted octanol–water partition coefficient (Wildman–Crippen LogP) is 3.96. The summed E-state index contributed by atoms with van der Waals surface area (Å²) in [6.45, 7) is 2.02. The van der Waals surface area contributed by atoms with Gasteiger partial charge in [-0.25, -0.2) is 9.78 Å². The first-order chi connectivity index (χ1) is 13.7. The number of hydrogen-bond acceptors (Lipinski definition) is 7. The van der Waals surface area contributed by atoms with Gasteiger partial charge in [0.15, 0.2) is 0 Å². The molecule has 0 aliphatic rings. The summed E-state index contributed by atoms with van der Waals surface area (Å²) >= 11 is 0. The van der Waals surface area contributed by atoms with Gasteiger partial charge in [0.1, 0.15) is 12.4 Å². The fourth-order valence-electron chi connectivity index (χ4n) is 3.06. The van der Waals surface area contributed by atoms with E-state index in [0.717, 1.165) is 22.0 Å². The van der Waals surface area contributed by atoms with E-state index < -0.39 is 5.97 Å². The normalized spacial score (nSPS) is 10.8. The molecule has 0 unspecified atom stereocenters. The van der Waals surface area contributed by atoms with Gasteiger partial charge in [-0.15, -0.1) is 10.2 Å². The van der Waals surface area contributed by atoms with E-state index in [9.17, 15) is 4.79 Å². The molecule has 2 aromatic carbocycles. The maximum atomic E-state index is 12.3. The number of para-hydroxylation sites is 1. The molecule has 4 rings (SSSR count). The minimum Gasteiger partial charge on any atom is -0.487 e. The molecule has 7 nitrogen and oxygen atoms in total. The van der Waals surface area contributed by atoms with Gasteiger partial charge in [0, 0.05) is 10.9 Å². The van der Waals surface area contributed by atoms with Gasteiger partial charge in [-0.1, -0.05) is 18.2 Å². The van der Waals surface area contributed by atoms with Gasteiger partial charge in [-0.2, -0.15) is 0 Å². The fraction of sp³-hybridized carbons (Fsp3) is 0.143. The zero-order valence-electron chi connectivity index (χ0n) is 15.4. The van der Waals surface area contributed by atoms with Crippen LogP contribution >= 0.6 is 0 Å². The second kappa shape index (κ2) is 7.48. The van der Waals surface area contributed by atoms with Crippen LogP contribution in [0.1, 0.15) is 21.6 Å². The Morgan fingerprint density at radius 1 is 1.11 bits per heavy atom. The molecule has 0 N–H and O–H groups in total. The number of aromatic nitrogens is 3. The van der Waals surface area contributed by atoms with Crippen LogP contribution in [0.2, 0.25) is 0 Å². The van der Waals surface area contributed by atoms with Crippen LogP contribution < -0.4 is 4.74 Å². The van der Waals surface area contributed by atoms with Crippen LogP contribution in [0.25, 0.3) is 22.4 Å². The van der Waals surface area contributed by atoms with Crippen molar-refractivity contribution >= 4 is 16.9 Å². The summed E-state index contributed by atoms with van der Waals surface area (Å²) in [5.41, 5.74) is 3.38. The molecule has 0 spiro atoms. The number of ether oxygens (including phenoxy) is 2. The number of rotatable bonds is 5. The van der Waals surface area contributed by atoms with E-state index >= 15 is 0 Å². The summed E-state index contributed by atoms with van der Waals surface area (Å²) in [6.07, 6.45) is 1.28. The first kappa shape index (κ1) is 17.7. The van der Waals surface area contributed by atoms with E-state index in [0.29, 0.717) is 22.9 Å². The van der Waals surface area contributed by atoms with Crippen molar-refractivity contribution in [1.29, 1.82) is 0 Å². The highest BCUT2D eigenvalue weighted by Crippen LogP contribution is 2.25. The number of pyridine rings is 1. The Balaban J connectivity index is 1.63. The maximum Gasteiger partial charge on any atom is 0.340 e. The highest BCUT2D eigenvalue weighted by Gasteiger charge is 2.19. The number of fused-ring (bicyclic) bond motifs is 1. The number of nitrogens with zero attached hydrogens (tertiary/aromatic N) is 3. The first-order valence-electron chi connectivity index (χ1n) is 8.63. The van der Waals surface area contributed by atoms with Crippen LogP contribution in [-0.2, 0) is 11.3 Å². The highest BCUT2D eigenvalue weighted by atomic mass is 16.5. The molecule has 2 heterocycles. The molecule has 0 radical (unpaired) electrons. The Kier molecular flexibility index (Phi) is 4.72. The molecule has 0 atom stereocenters. The smallest absolute Gasteiger partial charge is 0.340 e. The van der Waals surface area contributed by atoms with Crippen molar-refractivity contribution in [3.05, 3.63) is 71.7 Å². The Labute approximate surface area is 160 Å². The number of carbonyl (C=O) groups excluding carboxylic acids is 1. The number of esters is 1. The van der Waals surface area contributed by atoms with Crippen LogP contribution in [0.5, 0.6) is 5.75 Å². The second-order valence-corrected chi connectivity index (χ2v) is 6.12. The molecule has 7 heteroatoms. The summed E-state index contributed by atoms with van der Waals surface area (Å²) in [6, 6.07) is 14.9. The van der Waals surface area contributed by atoms with E-state index in [-0.39, 0.29) is 6.61 Å². The number of aryl methyl sites for hydroxylation is 1. The third kappa shape index (κ3) is 3.29. The zero-order chi connectivity index (χ0) is 19.5. The van der Waals surface area contributed by atoms with Crippen LogP contribution in [0, 0.1) is 6.92 Å². The van der Waals surface area contributed by atoms with Gasteiger partial charge in [-0.05, 0) is 42.8 Å². The average molecular weight is 375 g/mol. The quantitative estimate of drug-likeness (QED) is 0.488. The Morgan fingerprint density at radius 3 is 2.61 bits per heavy atom. The van der Waals surface area contributed by atoms with E-state index in [1.807, 2.05) is 43.3 Å². The maximum absolute atomic E-state index is 12.3. The SMILES string of the molecule is COC(=O)c1c(COc2ccc(-c3nnco3)cc2)nc2ccccc2c1C. The van der Waals surface area contributed by atoms with Crippen molar-refractivity contribution in [2.24, 2.45) is 0 Å². The standard InChI is InChI=1S/C21H17N3O4/c1-13-16-5-3-4-6-17(16)23-18(19(13)21(25)26-2)11-27-15-9-7-14(8-10-15)20-24-22-12-28-20/h3-10,12H,11H2,1-2H3. The summed E-state index contributed by atoms with van der Waals surface area (Å²) < 4.78 is 16.0. The molecule has 0 fully saturated rings. The average Bonchev–Trinajstić information content (AvgIpc) is 3.27. The van der Waals surface area contributed by atoms with E-state index in [1.165, 1.54) is 13.5 Å². The fourth-order valence-corrected chi connectivity index (χ4v) is 3.06. The van der Waals surface area contributed by atoms with Gasteiger partial charge in [0.2, 0.25) is 12.3 Å². The topological polar surface area (TPSA) is 87.3 Å². The summed E-state index contributed by atoms with van der Waals surface area (Å²) in [5, 5.41) is 8.45. The molecule has 0 bridgehead atoms. The Hall–Kier alpha value is -3.74. The van der Waals surface area contributed by atoms with Crippen molar-refractivity contribution in [1.82, 2.24) is 15.2 Å². The number of carbonyl (C=O) groups is 1. The predicted molar refractivity (Wildman–Crippen MR) is 102 cm³/mol. The third-order valence-corrected chi connectivity index (χ3v) is 4.45. The summed E-state index contributed by atoms with van der Waals surface area (Å²) in [5.74, 6) is 0.638. The molecular weight excluding hydrogens is 358 g/mol. The minimum absolute atomic E-state index is 0.135. The van der Waals surface area contributed by atoms with E-state index in [2.05, 4.69) is 15.2 Å². The lowest BCUT2D eigenvalue weighted by Crippen LogP contribution is -2.13. The van der Waals surface area contributed by atoms with Crippen LogP contribution in [0.4, 0.5) is 0 Å². The first-order valence-corrected chi connectivity index (χ1v) is 8.63. The largest absolute Gasteiger partial charge is 0.487 e. The minimum atomic E-state index is -0.430. The molecule has 0 aliphatic heterocycles. The molecule has 4 aromatic rings. The molecule has 2 aromatic heterocycles. The van der Waals surface area contributed by atoms with Crippen LogP contribution in [0.15, 0.2) is 59.3 Å². The molecular formula is C21H17N3O4. The zero-order valence-corrected chi connectivity index (χ0v) is 15.4. The molecule has 28 heavy (non-hydrogen) atoms. The van der Waals surface area contributed by atoms with Gasteiger partial charge in [0.25, 0.3) is 0 Å². The van der Waals surface area contributed by atoms with Crippen molar-refractivity contribution in [3.63, 3.8) is 0 Å². The molecule has 0 amide bonds.